The largest absolute Gasteiger partial charge is 0.384 e. The summed E-state index contributed by atoms with van der Waals surface area (Å²) in [5.41, 5.74) is 0.686. The fraction of sp³-hybridized carbons (Fsp3) is 0.538. The van der Waals surface area contributed by atoms with E-state index in [2.05, 4.69) is 15.0 Å². The molecule has 2 aromatic heterocycles. The lowest BCUT2D eigenvalue weighted by Gasteiger charge is -2.41. The van der Waals surface area contributed by atoms with Gasteiger partial charge in [-0.15, -0.1) is 0 Å². The van der Waals surface area contributed by atoms with Crippen LogP contribution in [-0.2, 0) is 11.3 Å². The van der Waals surface area contributed by atoms with E-state index in [1.807, 2.05) is 0 Å². The first-order valence-corrected chi connectivity index (χ1v) is 6.39. The maximum atomic E-state index is 12.3. The molecule has 0 aliphatic heterocycles. The number of rotatable bonds is 4. The fourth-order valence-corrected chi connectivity index (χ4v) is 2.69. The number of ether oxygens (including phenoxy) is 1. The van der Waals surface area contributed by atoms with Crippen LogP contribution in [0.5, 0.6) is 0 Å². The van der Waals surface area contributed by atoms with Gasteiger partial charge in [-0.05, 0) is 12.8 Å². The Morgan fingerprint density at radius 1 is 1.32 bits per heavy atom. The molecule has 2 aromatic rings. The van der Waals surface area contributed by atoms with Crippen LogP contribution in [0.1, 0.15) is 19.3 Å². The molecule has 1 aliphatic carbocycles. The van der Waals surface area contributed by atoms with Crippen LogP contribution in [0.15, 0.2) is 23.5 Å². The van der Waals surface area contributed by atoms with Crippen molar-refractivity contribution in [1.29, 1.82) is 0 Å². The number of nitrogens with zero attached hydrogens (tertiary/aromatic N) is 4. The Bertz CT molecular complexity index is 648. The second-order valence-electron chi connectivity index (χ2n) is 5.19. The molecule has 0 bridgehead atoms. The third-order valence-electron chi connectivity index (χ3n) is 3.83. The highest BCUT2D eigenvalue weighted by Gasteiger charge is 2.37. The summed E-state index contributed by atoms with van der Waals surface area (Å²) in [7, 11) is 1.70. The van der Waals surface area contributed by atoms with Crippen molar-refractivity contribution in [2.75, 3.05) is 13.7 Å². The predicted molar refractivity (Wildman–Crippen MR) is 69.8 cm³/mol. The van der Waals surface area contributed by atoms with E-state index >= 15 is 0 Å². The van der Waals surface area contributed by atoms with Gasteiger partial charge in [0.2, 0.25) is 0 Å². The molecule has 0 unspecified atom stereocenters. The maximum absolute atomic E-state index is 12.3. The molecule has 0 saturated heterocycles. The fourth-order valence-electron chi connectivity index (χ4n) is 2.69. The summed E-state index contributed by atoms with van der Waals surface area (Å²) in [6.45, 7) is 1.32. The van der Waals surface area contributed by atoms with Crippen molar-refractivity contribution in [3.63, 3.8) is 0 Å². The van der Waals surface area contributed by atoms with Gasteiger partial charge in [-0.1, -0.05) is 6.42 Å². The second kappa shape index (κ2) is 4.70. The van der Waals surface area contributed by atoms with Crippen LogP contribution in [-0.4, -0.2) is 33.2 Å². The van der Waals surface area contributed by atoms with E-state index in [-0.39, 0.29) is 11.0 Å². The van der Waals surface area contributed by atoms with Gasteiger partial charge in [0.15, 0.2) is 11.2 Å². The zero-order chi connectivity index (χ0) is 13.3. The molecule has 0 atom stereocenters. The minimum Gasteiger partial charge on any atom is -0.384 e. The summed E-state index contributed by atoms with van der Waals surface area (Å²) >= 11 is 0. The third kappa shape index (κ3) is 2.12. The van der Waals surface area contributed by atoms with E-state index < -0.39 is 0 Å². The Morgan fingerprint density at radius 3 is 2.79 bits per heavy atom. The molecule has 1 aliphatic rings. The van der Waals surface area contributed by atoms with E-state index in [9.17, 15) is 4.79 Å². The molecule has 19 heavy (non-hydrogen) atoms. The molecule has 1 fully saturated rings. The van der Waals surface area contributed by atoms with Gasteiger partial charge in [0.1, 0.15) is 6.33 Å². The second-order valence-corrected chi connectivity index (χ2v) is 5.19. The Labute approximate surface area is 110 Å². The predicted octanol–water partition coefficient (Wildman–Crippen LogP) is 1.00. The lowest BCUT2D eigenvalue weighted by molar-refractivity contribution is 0.00252. The summed E-state index contributed by atoms with van der Waals surface area (Å²) in [6, 6.07) is 0. The van der Waals surface area contributed by atoms with Gasteiger partial charge in [-0.3, -0.25) is 9.36 Å². The van der Waals surface area contributed by atoms with Crippen LogP contribution in [0, 0.1) is 5.41 Å². The van der Waals surface area contributed by atoms with Crippen molar-refractivity contribution in [2.45, 2.75) is 25.8 Å². The highest BCUT2D eigenvalue weighted by atomic mass is 16.5. The molecule has 1 saturated carbocycles. The quantitative estimate of drug-likeness (QED) is 0.820. The van der Waals surface area contributed by atoms with Gasteiger partial charge in [0.05, 0.1) is 6.61 Å². The van der Waals surface area contributed by atoms with Crippen LogP contribution >= 0.6 is 0 Å². The maximum Gasteiger partial charge on any atom is 0.281 e. The number of hydrogen-bond donors (Lipinski definition) is 0. The van der Waals surface area contributed by atoms with Crippen molar-refractivity contribution in [3.8, 4) is 0 Å². The van der Waals surface area contributed by atoms with Crippen LogP contribution in [0.4, 0.5) is 0 Å². The lowest BCUT2D eigenvalue weighted by atomic mass is 9.69. The normalized spacial score (nSPS) is 17.3. The van der Waals surface area contributed by atoms with E-state index in [4.69, 9.17) is 4.74 Å². The molecule has 3 rings (SSSR count). The Hall–Kier alpha value is -1.82. The molecule has 6 heteroatoms. The van der Waals surface area contributed by atoms with Gasteiger partial charge in [-0.2, -0.15) is 0 Å². The van der Waals surface area contributed by atoms with Crippen molar-refractivity contribution in [3.05, 3.63) is 29.1 Å². The zero-order valence-electron chi connectivity index (χ0n) is 10.9. The van der Waals surface area contributed by atoms with Gasteiger partial charge in [0.25, 0.3) is 5.56 Å². The molecule has 0 radical (unpaired) electrons. The van der Waals surface area contributed by atoms with Gasteiger partial charge >= 0.3 is 0 Å². The molecule has 0 amide bonds. The van der Waals surface area contributed by atoms with E-state index in [1.54, 1.807) is 18.0 Å². The standard InChI is InChI=1S/C13H16N4O2/c1-19-8-13(3-2-4-13)7-17-9-16-11-10(12(17)18)14-5-6-15-11/h5-6,9H,2-4,7-8H2,1H3. The Morgan fingerprint density at radius 2 is 2.11 bits per heavy atom. The average molecular weight is 260 g/mol. The summed E-state index contributed by atoms with van der Waals surface area (Å²) in [5.74, 6) is 0. The molecule has 0 aromatic carbocycles. The number of aromatic nitrogens is 4. The van der Waals surface area contributed by atoms with Gasteiger partial charge in [0, 0.05) is 31.5 Å². The van der Waals surface area contributed by atoms with E-state index in [1.165, 1.54) is 18.8 Å². The van der Waals surface area contributed by atoms with E-state index in [0.29, 0.717) is 24.3 Å². The molecule has 2 heterocycles. The van der Waals surface area contributed by atoms with Crippen LogP contribution in [0.25, 0.3) is 11.2 Å². The molecular formula is C13H16N4O2. The number of hydrogen-bond acceptors (Lipinski definition) is 5. The summed E-state index contributed by atoms with van der Waals surface area (Å²) < 4.78 is 6.92. The molecule has 6 nitrogen and oxygen atoms in total. The highest BCUT2D eigenvalue weighted by molar-refractivity contribution is 5.66. The Kier molecular flexibility index (Phi) is 3.02. The van der Waals surface area contributed by atoms with Gasteiger partial charge in [-0.25, -0.2) is 15.0 Å². The minimum atomic E-state index is -0.125. The van der Waals surface area contributed by atoms with Crippen molar-refractivity contribution >= 4 is 11.2 Å². The smallest absolute Gasteiger partial charge is 0.281 e. The first kappa shape index (κ1) is 12.2. The summed E-state index contributed by atoms with van der Waals surface area (Å²) in [6.07, 6.45) is 7.99. The van der Waals surface area contributed by atoms with E-state index in [0.717, 1.165) is 12.8 Å². The SMILES string of the molecule is COCC1(Cn2cnc3nccnc3c2=O)CCC1. The lowest BCUT2D eigenvalue weighted by Crippen LogP contribution is -2.41. The highest BCUT2D eigenvalue weighted by Crippen LogP contribution is 2.42. The van der Waals surface area contributed by atoms with Crippen LogP contribution in [0.3, 0.4) is 0 Å². The molecular weight excluding hydrogens is 244 g/mol. The molecule has 0 spiro atoms. The zero-order valence-corrected chi connectivity index (χ0v) is 10.9. The minimum absolute atomic E-state index is 0.0795. The number of fused-ring (bicyclic) bond motifs is 1. The summed E-state index contributed by atoms with van der Waals surface area (Å²) in [5, 5.41) is 0. The Balaban J connectivity index is 1.97. The summed E-state index contributed by atoms with van der Waals surface area (Å²) in [4.78, 5) is 24.6. The first-order valence-electron chi connectivity index (χ1n) is 6.39. The average Bonchev–Trinajstić information content (AvgIpc) is 2.39. The van der Waals surface area contributed by atoms with Crippen molar-refractivity contribution in [1.82, 2.24) is 19.5 Å². The van der Waals surface area contributed by atoms with Gasteiger partial charge < -0.3 is 4.74 Å². The topological polar surface area (TPSA) is 69.9 Å². The first-order chi connectivity index (χ1) is 9.24. The van der Waals surface area contributed by atoms with Crippen molar-refractivity contribution in [2.24, 2.45) is 5.41 Å². The van der Waals surface area contributed by atoms with Crippen molar-refractivity contribution < 1.29 is 4.74 Å². The third-order valence-corrected chi connectivity index (χ3v) is 3.83. The number of methoxy groups -OCH3 is 1. The molecule has 100 valence electrons. The van der Waals surface area contributed by atoms with Crippen LogP contribution < -0.4 is 5.56 Å². The molecule has 0 N–H and O–H groups in total. The monoisotopic (exact) mass is 260 g/mol. The van der Waals surface area contributed by atoms with Crippen LogP contribution in [0.2, 0.25) is 0 Å².